The number of guanidine groups is 1. The molecule has 1 saturated heterocycles. The average molecular weight is 417 g/mol. The first-order valence-electron chi connectivity index (χ1n) is 11.6. The van der Waals surface area contributed by atoms with Crippen LogP contribution in [0, 0.1) is 5.92 Å². The Kier molecular flexibility index (Phi) is 8.67. The highest BCUT2D eigenvalue weighted by Crippen LogP contribution is 2.34. The minimum Gasteiger partial charge on any atom is -0.493 e. The van der Waals surface area contributed by atoms with Gasteiger partial charge in [-0.2, -0.15) is 0 Å². The van der Waals surface area contributed by atoms with Crippen molar-refractivity contribution in [1.82, 2.24) is 15.5 Å². The van der Waals surface area contributed by atoms with Gasteiger partial charge in [0.25, 0.3) is 0 Å². The van der Waals surface area contributed by atoms with Crippen molar-refractivity contribution < 1.29 is 9.47 Å². The fraction of sp³-hybridized carbons (Fsp3) is 0.708. The summed E-state index contributed by atoms with van der Waals surface area (Å²) in [5, 5.41) is 7.00. The van der Waals surface area contributed by atoms with Crippen molar-refractivity contribution in [1.29, 1.82) is 0 Å². The Morgan fingerprint density at radius 2 is 1.97 bits per heavy atom. The van der Waals surface area contributed by atoms with Gasteiger partial charge in [-0.05, 0) is 70.9 Å². The van der Waals surface area contributed by atoms with E-state index in [2.05, 4.69) is 40.4 Å². The van der Waals surface area contributed by atoms with Crippen LogP contribution in [0.25, 0.3) is 0 Å². The van der Waals surface area contributed by atoms with Gasteiger partial charge in [-0.3, -0.25) is 4.99 Å². The summed E-state index contributed by atoms with van der Waals surface area (Å²) >= 11 is 0. The van der Waals surface area contributed by atoms with Crippen LogP contribution >= 0.6 is 0 Å². The highest BCUT2D eigenvalue weighted by molar-refractivity contribution is 5.79. The van der Waals surface area contributed by atoms with E-state index in [-0.39, 0.29) is 0 Å². The lowest BCUT2D eigenvalue weighted by Crippen LogP contribution is -2.46. The second kappa shape index (κ2) is 11.4. The fourth-order valence-electron chi connectivity index (χ4n) is 4.54. The van der Waals surface area contributed by atoms with Crippen LogP contribution in [0.15, 0.2) is 23.2 Å². The van der Waals surface area contributed by atoms with Gasteiger partial charge in [-0.15, -0.1) is 0 Å². The monoisotopic (exact) mass is 416 g/mol. The van der Waals surface area contributed by atoms with Crippen molar-refractivity contribution in [2.45, 2.75) is 71.1 Å². The Balaban J connectivity index is 1.55. The first-order valence-corrected chi connectivity index (χ1v) is 11.6. The van der Waals surface area contributed by atoms with Gasteiger partial charge in [-0.25, -0.2) is 0 Å². The third-order valence-electron chi connectivity index (χ3n) is 6.38. The van der Waals surface area contributed by atoms with E-state index in [9.17, 15) is 0 Å². The van der Waals surface area contributed by atoms with E-state index in [1.807, 2.05) is 19.2 Å². The van der Waals surface area contributed by atoms with Gasteiger partial charge in [0, 0.05) is 38.3 Å². The maximum Gasteiger partial charge on any atom is 0.191 e. The Morgan fingerprint density at radius 3 is 2.67 bits per heavy atom. The molecule has 6 heteroatoms. The molecule has 30 heavy (non-hydrogen) atoms. The largest absolute Gasteiger partial charge is 0.493 e. The summed E-state index contributed by atoms with van der Waals surface area (Å²) in [6, 6.07) is 6.73. The Hall–Kier alpha value is -1.95. The van der Waals surface area contributed by atoms with Crippen LogP contribution in [0.4, 0.5) is 0 Å². The van der Waals surface area contributed by atoms with Crippen molar-refractivity contribution in [3.63, 3.8) is 0 Å². The molecule has 168 valence electrons. The SMILES string of the molecule is CN=C(NCc1cccc(OC)c1OC1CCCC1)NCC1CCCN(C(C)C)C1. The molecule has 1 atom stereocenters. The van der Waals surface area contributed by atoms with Crippen LogP contribution in [-0.2, 0) is 6.54 Å². The molecule has 1 unspecified atom stereocenters. The Labute approximate surface area is 182 Å². The molecule has 1 aliphatic carbocycles. The first kappa shape index (κ1) is 22.7. The molecule has 2 N–H and O–H groups in total. The number of nitrogens with zero attached hydrogens (tertiary/aromatic N) is 2. The summed E-state index contributed by atoms with van der Waals surface area (Å²) in [5.41, 5.74) is 1.10. The number of ether oxygens (including phenoxy) is 2. The van der Waals surface area contributed by atoms with E-state index in [1.54, 1.807) is 7.11 Å². The first-order chi connectivity index (χ1) is 14.6. The van der Waals surface area contributed by atoms with Crippen LogP contribution in [0.3, 0.4) is 0 Å². The third kappa shape index (κ3) is 6.27. The molecule has 1 aromatic carbocycles. The summed E-state index contributed by atoms with van der Waals surface area (Å²) in [4.78, 5) is 7.00. The quantitative estimate of drug-likeness (QED) is 0.499. The molecule has 0 spiro atoms. The number of likely N-dealkylation sites (tertiary alicyclic amines) is 1. The lowest BCUT2D eigenvalue weighted by Gasteiger charge is -2.35. The van der Waals surface area contributed by atoms with Crippen LogP contribution in [0.1, 0.15) is 57.9 Å². The zero-order valence-electron chi connectivity index (χ0n) is 19.2. The maximum atomic E-state index is 6.35. The normalized spacial score (nSPS) is 21.1. The van der Waals surface area contributed by atoms with Crippen molar-refractivity contribution in [2.24, 2.45) is 10.9 Å². The minimum absolute atomic E-state index is 0.299. The minimum atomic E-state index is 0.299. The van der Waals surface area contributed by atoms with Gasteiger partial charge in [0.15, 0.2) is 17.5 Å². The second-order valence-corrected chi connectivity index (χ2v) is 8.88. The van der Waals surface area contributed by atoms with Crippen LogP contribution < -0.4 is 20.1 Å². The molecule has 1 heterocycles. The number of aliphatic imine (C=N–C) groups is 1. The van der Waals surface area contributed by atoms with E-state index in [0.29, 0.717) is 24.6 Å². The topological polar surface area (TPSA) is 58.1 Å². The molecule has 0 amide bonds. The van der Waals surface area contributed by atoms with Crippen molar-refractivity contribution >= 4 is 5.96 Å². The number of methoxy groups -OCH3 is 1. The predicted molar refractivity (Wildman–Crippen MR) is 124 cm³/mol. The van der Waals surface area contributed by atoms with Gasteiger partial charge in [-0.1, -0.05) is 12.1 Å². The molecule has 0 aromatic heterocycles. The van der Waals surface area contributed by atoms with Gasteiger partial charge in [0.05, 0.1) is 13.2 Å². The smallest absolute Gasteiger partial charge is 0.191 e. The summed E-state index contributed by atoms with van der Waals surface area (Å²) in [5.74, 6) is 3.18. The lowest BCUT2D eigenvalue weighted by molar-refractivity contribution is 0.141. The second-order valence-electron chi connectivity index (χ2n) is 8.88. The van der Waals surface area contributed by atoms with Gasteiger partial charge in [0.2, 0.25) is 0 Å². The molecule has 1 saturated carbocycles. The molecule has 1 aromatic rings. The summed E-state index contributed by atoms with van der Waals surface area (Å²) < 4.78 is 11.9. The van der Waals surface area contributed by atoms with Crippen LogP contribution in [-0.4, -0.2) is 56.8 Å². The number of piperidine rings is 1. The Morgan fingerprint density at radius 1 is 1.17 bits per heavy atom. The molecule has 2 aliphatic rings. The molecule has 0 bridgehead atoms. The van der Waals surface area contributed by atoms with Crippen molar-refractivity contribution in [2.75, 3.05) is 33.8 Å². The van der Waals surface area contributed by atoms with Crippen LogP contribution in [0.2, 0.25) is 0 Å². The molecule has 2 fully saturated rings. The fourth-order valence-corrected chi connectivity index (χ4v) is 4.54. The third-order valence-corrected chi connectivity index (χ3v) is 6.38. The maximum absolute atomic E-state index is 6.35. The molecule has 0 radical (unpaired) electrons. The van der Waals surface area contributed by atoms with Gasteiger partial charge < -0.3 is 25.0 Å². The molecule has 1 aliphatic heterocycles. The highest BCUT2D eigenvalue weighted by atomic mass is 16.5. The number of para-hydroxylation sites is 1. The summed E-state index contributed by atoms with van der Waals surface area (Å²) in [6.45, 7) is 8.57. The van der Waals surface area contributed by atoms with E-state index in [4.69, 9.17) is 9.47 Å². The lowest BCUT2D eigenvalue weighted by atomic mass is 9.97. The Bertz CT molecular complexity index is 686. The number of nitrogens with one attached hydrogen (secondary N) is 2. The molecular formula is C24H40N4O2. The summed E-state index contributed by atoms with van der Waals surface area (Å²) in [6.07, 6.45) is 7.61. The standard InChI is InChI=1S/C24H40N4O2/c1-18(2)28-14-8-9-19(17-28)15-26-24(25-3)27-16-20-10-7-13-22(29-4)23(20)30-21-11-5-6-12-21/h7,10,13,18-19,21H,5-6,8-9,11-12,14-17H2,1-4H3,(H2,25,26,27). The van der Waals surface area contributed by atoms with Gasteiger partial charge >= 0.3 is 0 Å². The van der Waals surface area contributed by atoms with E-state index < -0.39 is 0 Å². The highest BCUT2D eigenvalue weighted by Gasteiger charge is 2.22. The van der Waals surface area contributed by atoms with Crippen molar-refractivity contribution in [3.05, 3.63) is 23.8 Å². The van der Waals surface area contributed by atoms with E-state index in [1.165, 1.54) is 32.2 Å². The van der Waals surface area contributed by atoms with Crippen molar-refractivity contribution in [3.8, 4) is 11.5 Å². The predicted octanol–water partition coefficient (Wildman–Crippen LogP) is 3.80. The molecule has 3 rings (SSSR count). The number of rotatable bonds is 8. The molecular weight excluding hydrogens is 376 g/mol. The number of hydrogen-bond donors (Lipinski definition) is 2. The number of hydrogen-bond acceptors (Lipinski definition) is 4. The summed E-state index contributed by atoms with van der Waals surface area (Å²) in [7, 11) is 3.54. The van der Waals surface area contributed by atoms with Gasteiger partial charge in [0.1, 0.15) is 0 Å². The van der Waals surface area contributed by atoms with Crippen LogP contribution in [0.5, 0.6) is 11.5 Å². The van der Waals surface area contributed by atoms with E-state index in [0.717, 1.165) is 49.0 Å². The number of benzene rings is 1. The average Bonchev–Trinajstić information content (AvgIpc) is 3.28. The zero-order valence-corrected chi connectivity index (χ0v) is 19.2. The zero-order chi connectivity index (χ0) is 21.3. The van der Waals surface area contributed by atoms with E-state index >= 15 is 0 Å². The molecule has 6 nitrogen and oxygen atoms in total.